The van der Waals surface area contributed by atoms with E-state index in [-0.39, 0.29) is 31.0 Å². The summed E-state index contributed by atoms with van der Waals surface area (Å²) in [5.74, 6) is 0. The molecule has 0 aromatic rings. The van der Waals surface area contributed by atoms with Crippen molar-refractivity contribution >= 4 is 27.2 Å². The van der Waals surface area contributed by atoms with Crippen LogP contribution in [-0.4, -0.2) is 27.2 Å². The Kier molecular flexibility index (Phi) is 14100. The first-order chi connectivity index (χ1) is 4.00. The minimum atomic E-state index is 0. The molecule has 0 fully saturated rings. The molecule has 4 nitrogen and oxygen atoms in total. The van der Waals surface area contributed by atoms with Crippen molar-refractivity contribution in [3.05, 3.63) is 0 Å². The van der Waals surface area contributed by atoms with Crippen LogP contribution in [0.3, 0.4) is 0 Å². The zero-order valence-corrected chi connectivity index (χ0v) is 7.46. The molecule has 0 unspecified atom stereocenters. The first kappa shape index (κ1) is 37.8. The maximum atomic E-state index is 8.00. The van der Waals surface area contributed by atoms with Crippen molar-refractivity contribution in [3.63, 3.8) is 0 Å². The van der Waals surface area contributed by atoms with Crippen molar-refractivity contribution in [1.29, 1.82) is 0 Å². The summed E-state index contributed by atoms with van der Waals surface area (Å²) >= 11 is 0. The number of hydrogen-bond donors (Lipinski definition) is 0. The van der Waals surface area contributed by atoms with E-state index in [4.69, 9.17) is 19.2 Å². The van der Waals surface area contributed by atoms with Gasteiger partial charge < -0.3 is 20.6 Å². The van der Waals surface area contributed by atoms with E-state index in [2.05, 4.69) is 0 Å². The van der Waals surface area contributed by atoms with Crippen molar-refractivity contribution in [3.8, 4) is 0 Å². The Morgan fingerprint density at radius 1 is 0.556 bits per heavy atom. The zero-order chi connectivity index (χ0) is 8.00. The third-order valence-corrected chi connectivity index (χ3v) is 0. The van der Waals surface area contributed by atoms with Gasteiger partial charge in [0.25, 0.3) is 0 Å². The molecule has 0 atom stereocenters. The van der Waals surface area contributed by atoms with Crippen LogP contribution in [0, 0.1) is 0 Å². The Morgan fingerprint density at radius 2 is 0.556 bits per heavy atom. The minimum absolute atomic E-state index is 0. The van der Waals surface area contributed by atoms with E-state index in [1.807, 2.05) is 27.2 Å². The second-order valence-corrected chi connectivity index (χ2v) is 0. The van der Waals surface area contributed by atoms with Gasteiger partial charge in [-0.1, -0.05) is 0 Å². The van der Waals surface area contributed by atoms with Gasteiger partial charge >= 0.3 is 29.6 Å². The Hall–Kier alpha value is -0.320. The number of carbonyl (C=O) groups excluding carboxylic acids is 4. The van der Waals surface area contributed by atoms with E-state index < -0.39 is 0 Å². The average molecular weight is 144 g/mol. The SMILES string of the molecule is C=O.C=O.C=O.C=O.[H-].[Na+]. The molecule has 5 heteroatoms. The zero-order valence-electron chi connectivity index (χ0n) is 6.46. The average Bonchev–Trinajstić information content (AvgIpc) is 2.03. The fourth-order valence-electron chi connectivity index (χ4n) is 0. The summed E-state index contributed by atoms with van der Waals surface area (Å²) in [4.78, 5) is 32.0. The van der Waals surface area contributed by atoms with Crippen LogP contribution in [0.15, 0.2) is 0 Å². The largest absolute Gasteiger partial charge is 1.00 e. The van der Waals surface area contributed by atoms with Crippen molar-refractivity contribution in [2.24, 2.45) is 0 Å². The van der Waals surface area contributed by atoms with Crippen LogP contribution in [0.25, 0.3) is 0 Å². The topological polar surface area (TPSA) is 68.3 Å². The molecule has 0 rings (SSSR count). The van der Waals surface area contributed by atoms with Gasteiger partial charge in [-0.15, -0.1) is 0 Å². The number of rotatable bonds is 0. The minimum Gasteiger partial charge on any atom is -1.00 e. The molecular weight excluding hydrogens is 135 g/mol. The van der Waals surface area contributed by atoms with Gasteiger partial charge in [0, 0.05) is 0 Å². The van der Waals surface area contributed by atoms with Crippen molar-refractivity contribution < 1.29 is 50.2 Å². The monoisotopic (exact) mass is 144 g/mol. The molecule has 0 heterocycles. The van der Waals surface area contributed by atoms with Gasteiger partial charge in [-0.2, -0.15) is 0 Å². The maximum absolute atomic E-state index is 8.00. The molecule has 0 amide bonds. The molecule has 0 saturated heterocycles. The van der Waals surface area contributed by atoms with Gasteiger partial charge in [0.15, 0.2) is 0 Å². The molecule has 0 saturated carbocycles. The Labute approximate surface area is 77.4 Å². The van der Waals surface area contributed by atoms with E-state index >= 15 is 0 Å². The fraction of sp³-hybridized carbons (Fsp3) is 0. The molecule has 0 bridgehead atoms. The van der Waals surface area contributed by atoms with Crippen LogP contribution in [0.2, 0.25) is 0 Å². The smallest absolute Gasteiger partial charge is 1.00 e. The molecule has 9 heavy (non-hydrogen) atoms. The maximum Gasteiger partial charge on any atom is 1.00 e. The second kappa shape index (κ2) is 3350. The van der Waals surface area contributed by atoms with E-state index in [9.17, 15) is 0 Å². The standard InChI is InChI=1S/4CH2O.Na.H/c4*1-2;;/h4*1H2;;/q;;;;+1;-1. The molecule has 0 aliphatic carbocycles. The van der Waals surface area contributed by atoms with Crippen molar-refractivity contribution in [2.45, 2.75) is 0 Å². The summed E-state index contributed by atoms with van der Waals surface area (Å²) in [7, 11) is 0. The van der Waals surface area contributed by atoms with Crippen molar-refractivity contribution in [1.82, 2.24) is 0 Å². The predicted molar refractivity (Wildman–Crippen MR) is 29.6 cm³/mol. The van der Waals surface area contributed by atoms with Crippen LogP contribution in [0.5, 0.6) is 0 Å². The number of hydrogen-bond acceptors (Lipinski definition) is 4. The summed E-state index contributed by atoms with van der Waals surface area (Å²) < 4.78 is 0. The van der Waals surface area contributed by atoms with Gasteiger partial charge in [-0.25, -0.2) is 0 Å². The Bertz CT molecular complexity index is 25.2. The molecular formula is C4H9NaO4. The third kappa shape index (κ3) is 2420. The third-order valence-electron chi connectivity index (χ3n) is 0. The molecule has 0 N–H and O–H groups in total. The van der Waals surface area contributed by atoms with Crippen LogP contribution >= 0.6 is 0 Å². The van der Waals surface area contributed by atoms with Gasteiger partial charge in [0.1, 0.15) is 27.2 Å². The van der Waals surface area contributed by atoms with Gasteiger partial charge in [0.2, 0.25) is 0 Å². The predicted octanol–water partition coefficient (Wildman–Crippen LogP) is -3.62. The van der Waals surface area contributed by atoms with E-state index in [1.54, 1.807) is 0 Å². The van der Waals surface area contributed by atoms with Crippen LogP contribution in [0.1, 0.15) is 1.43 Å². The second-order valence-electron chi connectivity index (χ2n) is 0. The van der Waals surface area contributed by atoms with Crippen LogP contribution < -0.4 is 29.6 Å². The fourth-order valence-corrected chi connectivity index (χ4v) is 0. The molecule has 50 valence electrons. The van der Waals surface area contributed by atoms with E-state index in [0.717, 1.165) is 0 Å². The normalized spacial score (nSPS) is 1.78. The summed E-state index contributed by atoms with van der Waals surface area (Å²) in [6.45, 7) is 8.00. The Morgan fingerprint density at radius 3 is 0.556 bits per heavy atom. The van der Waals surface area contributed by atoms with E-state index in [0.29, 0.717) is 0 Å². The first-order valence-corrected chi connectivity index (χ1v) is 1.15. The van der Waals surface area contributed by atoms with Gasteiger partial charge in [-0.3, -0.25) is 0 Å². The number of carbonyl (C=O) groups is 4. The molecule has 0 spiro atoms. The molecule has 0 aliphatic rings. The molecule has 0 aromatic carbocycles. The van der Waals surface area contributed by atoms with Crippen LogP contribution in [-0.2, 0) is 19.2 Å². The summed E-state index contributed by atoms with van der Waals surface area (Å²) in [5.41, 5.74) is 0. The summed E-state index contributed by atoms with van der Waals surface area (Å²) in [5, 5.41) is 0. The molecule has 0 radical (unpaired) electrons. The quantitative estimate of drug-likeness (QED) is 0.329. The molecule has 0 aliphatic heterocycles. The van der Waals surface area contributed by atoms with E-state index in [1.165, 1.54) is 0 Å². The van der Waals surface area contributed by atoms with Crippen molar-refractivity contribution in [2.75, 3.05) is 0 Å². The summed E-state index contributed by atoms with van der Waals surface area (Å²) in [6, 6.07) is 0. The van der Waals surface area contributed by atoms with Gasteiger partial charge in [0.05, 0.1) is 0 Å². The van der Waals surface area contributed by atoms with Crippen LogP contribution in [0.4, 0.5) is 0 Å². The Balaban J connectivity index is -0.00000000500. The summed E-state index contributed by atoms with van der Waals surface area (Å²) in [6.07, 6.45) is 0. The first-order valence-electron chi connectivity index (χ1n) is 1.15. The van der Waals surface area contributed by atoms with Gasteiger partial charge in [-0.05, 0) is 0 Å². The molecule has 0 aromatic heterocycles.